The van der Waals surface area contributed by atoms with Crippen LogP contribution < -0.4 is 11.1 Å². The fraction of sp³-hybridized carbons (Fsp3) is 0.294. The van der Waals surface area contributed by atoms with Crippen LogP contribution in [0.2, 0.25) is 0 Å². The molecule has 32 heavy (non-hydrogen) atoms. The molecule has 4 heterocycles. The van der Waals surface area contributed by atoms with Crippen LogP contribution in [0.4, 0.5) is 5.13 Å². The molecule has 1 unspecified atom stereocenters. The molecular weight excluding hydrogens is 516 g/mol. The third-order valence-corrected chi connectivity index (χ3v) is 8.86. The summed E-state index contributed by atoms with van der Waals surface area (Å²) < 4.78 is 0.731. The van der Waals surface area contributed by atoms with Crippen LogP contribution in [0.15, 0.2) is 26.5 Å². The fourth-order valence-corrected chi connectivity index (χ4v) is 7.21. The Hall–Kier alpha value is -2.13. The maximum Gasteiger partial charge on any atom is 0.352 e. The first kappa shape index (κ1) is 23.0. The van der Waals surface area contributed by atoms with Gasteiger partial charge >= 0.3 is 5.97 Å². The number of aryl methyl sites for hydroxylation is 1. The summed E-state index contributed by atoms with van der Waals surface area (Å²) in [6.07, 6.45) is 0. The van der Waals surface area contributed by atoms with E-state index < -0.39 is 29.2 Å². The number of β-lactam (4-membered cyclic amide) rings is 1. The number of carbonyl (C=O) groups is 3. The first-order valence-corrected chi connectivity index (χ1v) is 13.1. The molecule has 2 amide bonds. The van der Waals surface area contributed by atoms with E-state index in [1.165, 1.54) is 39.8 Å². The molecule has 0 radical (unpaired) electrons. The lowest BCUT2D eigenvalue weighted by molar-refractivity contribution is -0.150. The molecule has 2 aromatic heterocycles. The largest absolute Gasteiger partial charge is 0.477 e. The highest BCUT2D eigenvalue weighted by molar-refractivity contribution is 8.01. The van der Waals surface area contributed by atoms with Crippen molar-refractivity contribution in [2.24, 2.45) is 0 Å². The Labute approximate surface area is 203 Å². The predicted molar refractivity (Wildman–Crippen MR) is 125 cm³/mol. The summed E-state index contributed by atoms with van der Waals surface area (Å²) in [5.41, 5.74) is 7.64. The Morgan fingerprint density at radius 3 is 2.84 bits per heavy atom. The van der Waals surface area contributed by atoms with Gasteiger partial charge in [0.1, 0.15) is 22.1 Å². The number of fused-ring (bicyclic) bond motifs is 1. The number of hydrogen-bond acceptors (Lipinski definition) is 11. The molecule has 0 aromatic carbocycles. The number of carboxylic acids is 1. The summed E-state index contributed by atoms with van der Waals surface area (Å²) >= 11 is 11.2. The quantitative estimate of drug-likeness (QED) is 0.275. The van der Waals surface area contributed by atoms with E-state index in [-0.39, 0.29) is 16.4 Å². The molecule has 2 atom stereocenters. The van der Waals surface area contributed by atoms with E-state index in [0.29, 0.717) is 22.8 Å². The lowest BCUT2D eigenvalue weighted by atomic mass is 10.0. The number of amides is 2. The van der Waals surface area contributed by atoms with Crippen LogP contribution >= 0.6 is 57.8 Å². The van der Waals surface area contributed by atoms with E-state index in [4.69, 9.17) is 17.3 Å². The number of carboxylic acid groups (broad SMARTS) is 1. The maximum atomic E-state index is 12.8. The smallest absolute Gasteiger partial charge is 0.352 e. The van der Waals surface area contributed by atoms with Crippen molar-refractivity contribution in [3.63, 3.8) is 0 Å². The minimum atomic E-state index is -1.18. The van der Waals surface area contributed by atoms with Gasteiger partial charge in [0.25, 0.3) is 11.8 Å². The zero-order chi connectivity index (χ0) is 23.0. The van der Waals surface area contributed by atoms with Gasteiger partial charge in [-0.3, -0.25) is 14.5 Å². The topological polar surface area (TPSA) is 151 Å². The second-order valence-electron chi connectivity index (χ2n) is 6.59. The molecule has 0 aliphatic carbocycles. The van der Waals surface area contributed by atoms with E-state index in [9.17, 15) is 19.5 Å². The van der Waals surface area contributed by atoms with Crippen LogP contribution in [-0.4, -0.2) is 65.9 Å². The number of thiazole rings is 1. The van der Waals surface area contributed by atoms with Crippen molar-refractivity contribution < 1.29 is 19.5 Å². The SMILES string of the molecule is Cc1nnc(SCC2=C(C(=O)O)N3C(=O)C(NC(=O)C(=CCl)c4csc(N)n4)[C@@H]3SC2)s1. The summed E-state index contributed by atoms with van der Waals surface area (Å²) in [5.74, 6) is -1.47. The van der Waals surface area contributed by atoms with Gasteiger partial charge in [-0.1, -0.05) is 34.7 Å². The van der Waals surface area contributed by atoms with Gasteiger partial charge in [0.15, 0.2) is 9.47 Å². The molecule has 4 rings (SSSR count). The van der Waals surface area contributed by atoms with Gasteiger partial charge < -0.3 is 16.2 Å². The average molecular weight is 531 g/mol. The summed E-state index contributed by atoms with van der Waals surface area (Å²) in [6.45, 7) is 1.84. The number of aromatic nitrogens is 3. The number of nitrogens with two attached hydrogens (primary N) is 1. The van der Waals surface area contributed by atoms with Crippen LogP contribution in [0.25, 0.3) is 5.57 Å². The Kier molecular flexibility index (Phi) is 6.76. The van der Waals surface area contributed by atoms with Crippen molar-refractivity contribution in [2.45, 2.75) is 22.7 Å². The Morgan fingerprint density at radius 2 is 2.25 bits per heavy atom. The fourth-order valence-electron chi connectivity index (χ4n) is 3.13. The second-order valence-corrected chi connectivity index (χ2v) is 11.2. The molecule has 10 nitrogen and oxygen atoms in total. The van der Waals surface area contributed by atoms with Gasteiger partial charge in [0.05, 0.1) is 11.3 Å². The van der Waals surface area contributed by atoms with E-state index in [2.05, 4.69) is 20.5 Å². The number of carbonyl (C=O) groups excluding carboxylic acids is 2. The average Bonchev–Trinajstić information content (AvgIpc) is 3.38. The van der Waals surface area contributed by atoms with E-state index in [0.717, 1.165) is 26.2 Å². The number of hydrogen-bond donors (Lipinski definition) is 3. The Morgan fingerprint density at radius 1 is 1.47 bits per heavy atom. The molecular formula is C17H15ClN6O4S4. The van der Waals surface area contributed by atoms with Crippen LogP contribution in [-0.2, 0) is 14.4 Å². The molecule has 2 aliphatic heterocycles. The van der Waals surface area contributed by atoms with E-state index in [1.54, 1.807) is 5.38 Å². The van der Waals surface area contributed by atoms with Gasteiger partial charge in [0.2, 0.25) is 0 Å². The summed E-state index contributed by atoms with van der Waals surface area (Å²) in [4.78, 5) is 42.7. The minimum absolute atomic E-state index is 0.0432. The third kappa shape index (κ3) is 4.37. The van der Waals surface area contributed by atoms with Gasteiger partial charge in [0, 0.05) is 22.4 Å². The predicted octanol–water partition coefficient (Wildman–Crippen LogP) is 2.00. The van der Waals surface area contributed by atoms with Gasteiger partial charge in [-0.2, -0.15) is 0 Å². The highest BCUT2D eigenvalue weighted by Gasteiger charge is 2.54. The molecule has 0 saturated carbocycles. The van der Waals surface area contributed by atoms with Crippen molar-refractivity contribution in [3.8, 4) is 0 Å². The number of halogens is 1. The zero-order valence-electron chi connectivity index (χ0n) is 16.3. The molecule has 1 fully saturated rings. The summed E-state index contributed by atoms with van der Waals surface area (Å²) in [7, 11) is 0. The molecule has 2 aromatic rings. The number of nitrogens with one attached hydrogen (secondary N) is 1. The Balaban J connectivity index is 1.48. The first-order chi connectivity index (χ1) is 15.3. The van der Waals surface area contributed by atoms with Gasteiger partial charge in [-0.15, -0.1) is 33.3 Å². The van der Waals surface area contributed by atoms with Gasteiger partial charge in [-0.25, -0.2) is 9.78 Å². The molecule has 0 bridgehead atoms. The van der Waals surface area contributed by atoms with Gasteiger partial charge in [-0.05, 0) is 12.5 Å². The number of nitrogens with zero attached hydrogens (tertiary/aromatic N) is 4. The number of nitrogen functional groups attached to an aromatic ring is 1. The normalized spacial score (nSPS) is 20.8. The number of rotatable bonds is 7. The third-order valence-electron chi connectivity index (χ3n) is 4.57. The number of thioether (sulfide) groups is 2. The Bertz CT molecular complexity index is 1160. The van der Waals surface area contributed by atoms with Crippen molar-refractivity contribution in [1.82, 2.24) is 25.4 Å². The van der Waals surface area contributed by atoms with E-state index in [1.807, 2.05) is 6.92 Å². The lowest BCUT2D eigenvalue weighted by Gasteiger charge is -2.49. The molecule has 1 saturated heterocycles. The molecule has 0 spiro atoms. The van der Waals surface area contributed by atoms with Crippen molar-refractivity contribution in [3.05, 3.63) is 32.9 Å². The van der Waals surface area contributed by atoms with Crippen LogP contribution in [0.1, 0.15) is 10.7 Å². The first-order valence-electron chi connectivity index (χ1n) is 8.95. The molecule has 168 valence electrons. The standard InChI is InChI=1S/C17H15ClN6O4S4/c1-6-22-23-17(32-6)31-4-7-3-29-14-10(13(26)24(14)11(7)15(27)28)21-12(25)8(2-18)9-5-30-16(19)20-9/h2,5,10,14H,3-4H2,1H3,(H2,19,20)(H,21,25)(H,27,28)/t10?,14-/m0/s1. The van der Waals surface area contributed by atoms with Crippen LogP contribution in [0, 0.1) is 6.92 Å². The minimum Gasteiger partial charge on any atom is -0.477 e. The van der Waals surface area contributed by atoms with Crippen LogP contribution in [0.3, 0.4) is 0 Å². The molecule has 4 N–H and O–H groups in total. The summed E-state index contributed by atoms with van der Waals surface area (Å²) in [6, 6.07) is -0.871. The zero-order valence-corrected chi connectivity index (χ0v) is 20.3. The highest BCUT2D eigenvalue weighted by atomic mass is 35.5. The maximum absolute atomic E-state index is 12.8. The second kappa shape index (κ2) is 9.39. The monoisotopic (exact) mass is 530 g/mol. The highest BCUT2D eigenvalue weighted by Crippen LogP contribution is 2.42. The van der Waals surface area contributed by atoms with Crippen molar-refractivity contribution in [2.75, 3.05) is 17.2 Å². The number of anilines is 1. The number of aliphatic carboxylic acids is 1. The molecule has 2 aliphatic rings. The molecule has 15 heteroatoms. The van der Waals surface area contributed by atoms with Crippen molar-refractivity contribution in [1.29, 1.82) is 0 Å². The lowest BCUT2D eigenvalue weighted by Crippen LogP contribution is -2.70. The summed E-state index contributed by atoms with van der Waals surface area (Å²) in [5, 5.41) is 22.5. The van der Waals surface area contributed by atoms with Crippen molar-refractivity contribution >= 4 is 86.3 Å². The van der Waals surface area contributed by atoms with Crippen LogP contribution in [0.5, 0.6) is 0 Å². The van der Waals surface area contributed by atoms with E-state index >= 15 is 0 Å².